The quantitative estimate of drug-likeness (QED) is 0.554. The van der Waals surface area contributed by atoms with Crippen molar-refractivity contribution >= 4 is 13.0 Å². The van der Waals surface area contributed by atoms with Crippen LogP contribution in [0.2, 0.25) is 0 Å². The standard InChI is InChI=1S/C7H7BFN2O3/c9-6-1-2-7(11-10)5(3-6)4-14-8(12)13/h1-3,12-13H,4H2/q+1. The Bertz CT molecular complexity index is 366. The predicted molar refractivity (Wildman–Crippen MR) is 46.1 cm³/mol. The first-order chi connectivity index (χ1) is 6.63. The highest BCUT2D eigenvalue weighted by Gasteiger charge is 2.17. The SMILES string of the molecule is N#[N+]c1ccc(F)cc1COB(O)O. The topological polar surface area (TPSA) is 77.8 Å². The highest BCUT2D eigenvalue weighted by molar-refractivity contribution is 6.32. The molecule has 1 aromatic rings. The van der Waals surface area contributed by atoms with E-state index >= 15 is 0 Å². The van der Waals surface area contributed by atoms with Crippen molar-refractivity contribution in [3.05, 3.63) is 34.6 Å². The van der Waals surface area contributed by atoms with Crippen LogP contribution >= 0.6 is 0 Å². The molecule has 0 heterocycles. The van der Waals surface area contributed by atoms with E-state index < -0.39 is 13.1 Å². The highest BCUT2D eigenvalue weighted by Crippen LogP contribution is 2.20. The summed E-state index contributed by atoms with van der Waals surface area (Å²) in [6.07, 6.45) is 0. The number of benzene rings is 1. The Morgan fingerprint density at radius 3 is 2.79 bits per heavy atom. The third kappa shape index (κ3) is 2.78. The Hall–Kier alpha value is -1.49. The van der Waals surface area contributed by atoms with Crippen LogP contribution in [0.1, 0.15) is 5.56 Å². The Labute approximate surface area is 79.6 Å². The Kier molecular flexibility index (Phi) is 3.53. The number of halogens is 1. The molecule has 0 radical (unpaired) electrons. The average molecular weight is 197 g/mol. The van der Waals surface area contributed by atoms with E-state index in [2.05, 4.69) is 9.63 Å². The van der Waals surface area contributed by atoms with Gasteiger partial charge < -0.3 is 14.7 Å². The summed E-state index contributed by atoms with van der Waals surface area (Å²) >= 11 is 0. The van der Waals surface area contributed by atoms with E-state index in [-0.39, 0.29) is 17.9 Å². The molecule has 0 aliphatic heterocycles. The van der Waals surface area contributed by atoms with Gasteiger partial charge in [0.05, 0.1) is 12.2 Å². The molecular formula is C7H7BFN2O3+. The molecule has 0 bridgehead atoms. The summed E-state index contributed by atoms with van der Waals surface area (Å²) in [4.78, 5) is 2.88. The summed E-state index contributed by atoms with van der Waals surface area (Å²) in [5.74, 6) is -0.525. The van der Waals surface area contributed by atoms with Crippen LogP contribution in [0.15, 0.2) is 18.2 Å². The summed E-state index contributed by atoms with van der Waals surface area (Å²) in [5, 5.41) is 25.3. The molecule has 0 amide bonds. The molecule has 72 valence electrons. The first-order valence-corrected chi connectivity index (χ1v) is 3.74. The zero-order chi connectivity index (χ0) is 10.6. The van der Waals surface area contributed by atoms with Gasteiger partial charge in [0.25, 0.3) is 0 Å². The lowest BCUT2D eigenvalue weighted by Crippen LogP contribution is -2.16. The Balaban J connectivity index is 2.84. The van der Waals surface area contributed by atoms with E-state index in [1.165, 1.54) is 6.07 Å². The number of hydrogen-bond donors (Lipinski definition) is 2. The minimum atomic E-state index is -1.94. The van der Waals surface area contributed by atoms with Crippen LogP contribution in [-0.4, -0.2) is 17.4 Å². The van der Waals surface area contributed by atoms with Crippen molar-refractivity contribution in [2.75, 3.05) is 0 Å². The summed E-state index contributed by atoms with van der Waals surface area (Å²) in [6, 6.07) is 3.45. The Morgan fingerprint density at radius 2 is 2.21 bits per heavy atom. The summed E-state index contributed by atoms with van der Waals surface area (Å²) in [6.45, 7) is -0.255. The lowest BCUT2D eigenvalue weighted by Gasteiger charge is -2.00. The van der Waals surface area contributed by atoms with Crippen LogP contribution < -0.4 is 0 Å². The fourth-order valence-corrected chi connectivity index (χ4v) is 0.932. The highest BCUT2D eigenvalue weighted by atomic mass is 19.1. The maximum Gasteiger partial charge on any atom is 0.634 e. The van der Waals surface area contributed by atoms with Crippen molar-refractivity contribution < 1.29 is 19.1 Å². The molecule has 1 aromatic carbocycles. The number of rotatable bonds is 3. The molecule has 0 fully saturated rings. The number of diazo groups is 1. The zero-order valence-electron chi connectivity index (χ0n) is 7.09. The molecule has 14 heavy (non-hydrogen) atoms. The maximum atomic E-state index is 12.7. The molecule has 1 rings (SSSR count). The van der Waals surface area contributed by atoms with Crippen molar-refractivity contribution in [1.29, 1.82) is 5.39 Å². The molecule has 0 aliphatic rings. The van der Waals surface area contributed by atoms with Crippen LogP contribution in [0.3, 0.4) is 0 Å². The van der Waals surface area contributed by atoms with Gasteiger partial charge in [-0.3, -0.25) is 0 Å². The lowest BCUT2D eigenvalue weighted by molar-refractivity contribution is 0.177. The second kappa shape index (κ2) is 4.67. The van der Waals surface area contributed by atoms with Crippen molar-refractivity contribution in [2.24, 2.45) is 0 Å². The minimum Gasteiger partial charge on any atom is -0.402 e. The van der Waals surface area contributed by atoms with Crippen molar-refractivity contribution in [2.45, 2.75) is 6.61 Å². The molecule has 7 heteroatoms. The van der Waals surface area contributed by atoms with Crippen LogP contribution in [0, 0.1) is 11.2 Å². The molecule has 0 aliphatic carbocycles. The smallest absolute Gasteiger partial charge is 0.402 e. The first kappa shape index (κ1) is 10.6. The van der Waals surface area contributed by atoms with Gasteiger partial charge in [-0.2, -0.15) is 0 Å². The summed E-state index contributed by atoms with van der Waals surface area (Å²) in [7, 11) is -1.94. The van der Waals surface area contributed by atoms with E-state index in [0.717, 1.165) is 12.1 Å². The fourth-order valence-electron chi connectivity index (χ4n) is 0.932. The van der Waals surface area contributed by atoms with E-state index in [4.69, 9.17) is 15.4 Å². The van der Waals surface area contributed by atoms with Gasteiger partial charge in [-0.1, -0.05) is 0 Å². The maximum absolute atomic E-state index is 12.7. The van der Waals surface area contributed by atoms with Gasteiger partial charge in [-0.05, 0) is 12.1 Å². The zero-order valence-corrected chi connectivity index (χ0v) is 7.09. The fraction of sp³-hybridized carbons (Fsp3) is 0.143. The summed E-state index contributed by atoms with van der Waals surface area (Å²) < 4.78 is 17.1. The molecule has 5 nitrogen and oxygen atoms in total. The third-order valence-corrected chi connectivity index (χ3v) is 1.54. The van der Waals surface area contributed by atoms with Crippen molar-refractivity contribution in [1.82, 2.24) is 0 Å². The van der Waals surface area contributed by atoms with Crippen LogP contribution in [0.5, 0.6) is 0 Å². The molecule has 0 atom stereocenters. The minimum absolute atomic E-state index is 0.118. The normalized spacial score (nSPS) is 9.57. The summed E-state index contributed by atoms with van der Waals surface area (Å²) in [5.41, 5.74) is 0.340. The molecule has 0 saturated heterocycles. The monoisotopic (exact) mass is 197 g/mol. The van der Waals surface area contributed by atoms with Gasteiger partial charge in [0.1, 0.15) is 5.82 Å². The van der Waals surface area contributed by atoms with Gasteiger partial charge in [-0.15, -0.1) is 0 Å². The van der Waals surface area contributed by atoms with Gasteiger partial charge in [0, 0.05) is 6.07 Å². The molecular weight excluding hydrogens is 190 g/mol. The van der Waals surface area contributed by atoms with Crippen molar-refractivity contribution in [3.63, 3.8) is 0 Å². The third-order valence-electron chi connectivity index (χ3n) is 1.54. The number of hydrogen-bond acceptors (Lipinski definition) is 4. The molecule has 2 N–H and O–H groups in total. The lowest BCUT2D eigenvalue weighted by atomic mass is 10.1. The van der Waals surface area contributed by atoms with E-state index in [1.807, 2.05) is 0 Å². The van der Waals surface area contributed by atoms with E-state index in [9.17, 15) is 4.39 Å². The largest absolute Gasteiger partial charge is 0.634 e. The van der Waals surface area contributed by atoms with Crippen LogP contribution in [0.25, 0.3) is 4.98 Å². The molecule has 0 saturated carbocycles. The van der Waals surface area contributed by atoms with Crippen LogP contribution in [0.4, 0.5) is 10.1 Å². The van der Waals surface area contributed by atoms with E-state index in [1.54, 1.807) is 0 Å². The van der Waals surface area contributed by atoms with Gasteiger partial charge in [-0.25, -0.2) is 4.39 Å². The second-order valence-electron chi connectivity index (χ2n) is 2.51. The van der Waals surface area contributed by atoms with Crippen molar-refractivity contribution in [3.8, 4) is 0 Å². The molecule has 0 unspecified atom stereocenters. The average Bonchev–Trinajstić information content (AvgIpc) is 2.15. The second-order valence-corrected chi connectivity index (χ2v) is 2.51. The van der Waals surface area contributed by atoms with E-state index in [0.29, 0.717) is 0 Å². The molecule has 0 aromatic heterocycles. The Morgan fingerprint density at radius 1 is 1.50 bits per heavy atom. The predicted octanol–water partition coefficient (Wildman–Crippen LogP) is 0.796. The van der Waals surface area contributed by atoms with Crippen LogP contribution in [-0.2, 0) is 11.3 Å². The molecule has 0 spiro atoms. The van der Waals surface area contributed by atoms with Gasteiger partial charge in [0.15, 0.2) is 4.98 Å². The van der Waals surface area contributed by atoms with Gasteiger partial charge in [0.2, 0.25) is 5.39 Å². The first-order valence-electron chi connectivity index (χ1n) is 3.74. The van der Waals surface area contributed by atoms with Gasteiger partial charge >= 0.3 is 13.0 Å². The number of nitrogens with zero attached hydrogens (tertiary/aromatic N) is 2.